The molecule has 0 radical (unpaired) electrons. The van der Waals surface area contributed by atoms with Crippen molar-refractivity contribution in [1.29, 1.82) is 0 Å². The van der Waals surface area contributed by atoms with Crippen LogP contribution in [-0.2, 0) is 9.59 Å². The molecule has 0 aromatic heterocycles. The zero-order valence-electron chi connectivity index (χ0n) is 8.34. The summed E-state index contributed by atoms with van der Waals surface area (Å²) in [4.78, 5) is 33.4. The van der Waals surface area contributed by atoms with E-state index in [9.17, 15) is 14.4 Å². The Bertz CT molecular complexity index is 418. The molecule has 0 atom stereocenters. The Morgan fingerprint density at radius 3 is 2.25 bits per heavy atom. The molecule has 1 rings (SSSR count). The maximum atomic E-state index is 11.3. The van der Waals surface area contributed by atoms with Gasteiger partial charge in [-0.05, 0) is 23.7 Å². The van der Waals surface area contributed by atoms with Crippen molar-refractivity contribution in [3.8, 4) is 5.75 Å². The van der Waals surface area contributed by atoms with E-state index < -0.39 is 17.2 Å². The molecule has 0 saturated heterocycles. The van der Waals surface area contributed by atoms with E-state index in [0.29, 0.717) is 4.90 Å². The number of para-hydroxylation sites is 1. The minimum absolute atomic E-state index is 0.272. The number of imide groups is 1. The van der Waals surface area contributed by atoms with Crippen LogP contribution in [0.5, 0.6) is 5.75 Å². The fourth-order valence-electron chi connectivity index (χ4n) is 0.873. The van der Waals surface area contributed by atoms with Crippen LogP contribution >= 0.6 is 11.6 Å². The van der Waals surface area contributed by atoms with Crippen LogP contribution in [-0.4, -0.2) is 29.2 Å². The molecular formula is C10H8ClNO4. The average Bonchev–Trinajstić information content (AvgIpc) is 2.28. The zero-order chi connectivity index (χ0) is 12.1. The standard InChI is InChI=1S/C10H8ClNO4/c1-12(9(14)8(11)13)10(15)16-7-5-3-2-4-6-7/h2-6H,1H3. The Morgan fingerprint density at radius 2 is 1.75 bits per heavy atom. The van der Waals surface area contributed by atoms with E-state index in [2.05, 4.69) is 0 Å². The molecule has 1 aromatic carbocycles. The van der Waals surface area contributed by atoms with Crippen molar-refractivity contribution >= 4 is 28.8 Å². The van der Waals surface area contributed by atoms with Gasteiger partial charge in [0.15, 0.2) is 0 Å². The van der Waals surface area contributed by atoms with Crippen molar-refractivity contribution in [3.63, 3.8) is 0 Å². The largest absolute Gasteiger partial charge is 0.422 e. The minimum atomic E-state index is -1.24. The van der Waals surface area contributed by atoms with E-state index >= 15 is 0 Å². The summed E-state index contributed by atoms with van der Waals surface area (Å²) in [6, 6.07) is 8.15. The number of ether oxygens (including phenoxy) is 1. The number of nitrogens with zero attached hydrogens (tertiary/aromatic N) is 1. The molecule has 2 amide bonds. The number of likely N-dealkylation sites (N-methyl/N-ethyl adjacent to an activating group) is 1. The average molecular weight is 242 g/mol. The fourth-order valence-corrected chi connectivity index (χ4v) is 0.999. The van der Waals surface area contributed by atoms with Crippen LogP contribution < -0.4 is 4.74 Å². The molecule has 0 fully saturated rings. The predicted octanol–water partition coefficient (Wildman–Crippen LogP) is 1.41. The summed E-state index contributed by atoms with van der Waals surface area (Å²) < 4.78 is 4.80. The first-order chi connectivity index (χ1) is 7.52. The first-order valence-corrected chi connectivity index (χ1v) is 4.64. The molecule has 16 heavy (non-hydrogen) atoms. The molecule has 0 aliphatic heterocycles. The molecule has 6 heteroatoms. The number of hydrogen-bond donors (Lipinski definition) is 0. The van der Waals surface area contributed by atoms with Gasteiger partial charge in [0, 0.05) is 7.05 Å². The molecule has 5 nitrogen and oxygen atoms in total. The first-order valence-electron chi connectivity index (χ1n) is 4.26. The topological polar surface area (TPSA) is 63.7 Å². The second kappa shape index (κ2) is 5.27. The molecule has 0 heterocycles. The smallest absolute Gasteiger partial charge is 0.410 e. The van der Waals surface area contributed by atoms with Crippen molar-refractivity contribution in [3.05, 3.63) is 30.3 Å². The Hall–Kier alpha value is -1.88. The van der Waals surface area contributed by atoms with Gasteiger partial charge >= 0.3 is 17.2 Å². The summed E-state index contributed by atoms with van der Waals surface area (Å²) in [6.07, 6.45) is -0.967. The summed E-state index contributed by atoms with van der Waals surface area (Å²) in [6.45, 7) is 0. The number of halogens is 1. The lowest BCUT2D eigenvalue weighted by molar-refractivity contribution is -0.138. The molecule has 1 aromatic rings. The van der Waals surface area contributed by atoms with Crippen LogP contribution in [0.4, 0.5) is 4.79 Å². The molecule has 0 N–H and O–H groups in total. The van der Waals surface area contributed by atoms with E-state index in [1.165, 1.54) is 0 Å². The van der Waals surface area contributed by atoms with Gasteiger partial charge in [-0.15, -0.1) is 0 Å². The van der Waals surface area contributed by atoms with Gasteiger partial charge in [0.1, 0.15) is 5.75 Å². The molecule has 0 spiro atoms. The molecule has 0 aliphatic carbocycles. The molecule has 0 bridgehead atoms. The zero-order valence-corrected chi connectivity index (χ0v) is 9.10. The van der Waals surface area contributed by atoms with Gasteiger partial charge in [-0.2, -0.15) is 0 Å². The van der Waals surface area contributed by atoms with Gasteiger partial charge in [-0.3, -0.25) is 9.59 Å². The number of rotatable bonds is 2. The second-order valence-corrected chi connectivity index (χ2v) is 3.16. The quantitative estimate of drug-likeness (QED) is 0.580. The highest BCUT2D eigenvalue weighted by molar-refractivity contribution is 6.81. The summed E-state index contributed by atoms with van der Waals surface area (Å²) in [5.41, 5.74) is 0. The maximum Gasteiger partial charge on any atom is 0.422 e. The lowest BCUT2D eigenvalue weighted by Gasteiger charge is -2.12. The summed E-state index contributed by atoms with van der Waals surface area (Å²) in [5, 5.41) is -1.24. The highest BCUT2D eigenvalue weighted by atomic mass is 35.5. The van der Waals surface area contributed by atoms with Gasteiger partial charge in [0.25, 0.3) is 0 Å². The number of benzene rings is 1. The van der Waals surface area contributed by atoms with Crippen LogP contribution in [0.1, 0.15) is 0 Å². The molecule has 0 saturated carbocycles. The predicted molar refractivity (Wildman–Crippen MR) is 56.1 cm³/mol. The van der Waals surface area contributed by atoms with Gasteiger partial charge in [-0.1, -0.05) is 18.2 Å². The fraction of sp³-hybridized carbons (Fsp3) is 0.100. The van der Waals surface area contributed by atoms with Crippen molar-refractivity contribution < 1.29 is 19.1 Å². The van der Waals surface area contributed by atoms with Gasteiger partial charge in [0.2, 0.25) is 0 Å². The van der Waals surface area contributed by atoms with Crippen molar-refractivity contribution in [2.45, 2.75) is 0 Å². The van der Waals surface area contributed by atoms with Crippen molar-refractivity contribution in [2.24, 2.45) is 0 Å². The van der Waals surface area contributed by atoms with Crippen LogP contribution in [0.15, 0.2) is 30.3 Å². The van der Waals surface area contributed by atoms with Gasteiger partial charge < -0.3 is 4.74 Å². The first kappa shape index (κ1) is 12.2. The molecule has 84 valence electrons. The molecular weight excluding hydrogens is 234 g/mol. The summed E-state index contributed by atoms with van der Waals surface area (Å²) >= 11 is 4.93. The third kappa shape index (κ3) is 3.06. The number of carbonyl (C=O) groups is 3. The van der Waals surface area contributed by atoms with Gasteiger partial charge in [0.05, 0.1) is 0 Å². The van der Waals surface area contributed by atoms with Crippen molar-refractivity contribution in [2.75, 3.05) is 7.05 Å². The van der Waals surface area contributed by atoms with Gasteiger partial charge in [-0.25, -0.2) is 9.69 Å². The number of hydrogen-bond acceptors (Lipinski definition) is 4. The monoisotopic (exact) mass is 241 g/mol. The lowest BCUT2D eigenvalue weighted by atomic mass is 10.3. The van der Waals surface area contributed by atoms with E-state index in [1.54, 1.807) is 30.3 Å². The van der Waals surface area contributed by atoms with Crippen LogP contribution in [0.3, 0.4) is 0 Å². The Morgan fingerprint density at radius 1 is 1.19 bits per heavy atom. The van der Waals surface area contributed by atoms with E-state index in [1.807, 2.05) is 0 Å². The van der Waals surface area contributed by atoms with Crippen LogP contribution in [0.25, 0.3) is 0 Å². The van der Waals surface area contributed by atoms with E-state index in [0.717, 1.165) is 7.05 Å². The van der Waals surface area contributed by atoms with Crippen molar-refractivity contribution in [1.82, 2.24) is 4.90 Å². The highest BCUT2D eigenvalue weighted by Crippen LogP contribution is 2.09. The normalized spacial score (nSPS) is 9.38. The summed E-state index contributed by atoms with van der Waals surface area (Å²) in [7, 11) is 1.11. The second-order valence-electron chi connectivity index (χ2n) is 2.82. The highest BCUT2D eigenvalue weighted by Gasteiger charge is 2.23. The lowest BCUT2D eigenvalue weighted by Crippen LogP contribution is -2.38. The third-order valence-electron chi connectivity index (χ3n) is 1.70. The Kier molecular flexibility index (Phi) is 4.02. The number of carbonyl (C=O) groups excluding carboxylic acids is 3. The third-order valence-corrected chi connectivity index (χ3v) is 1.86. The Labute approximate surface area is 96.6 Å². The number of amides is 2. The molecule has 0 aliphatic rings. The van der Waals surface area contributed by atoms with E-state index in [4.69, 9.17) is 16.3 Å². The molecule has 0 unspecified atom stereocenters. The van der Waals surface area contributed by atoms with Crippen LogP contribution in [0, 0.1) is 0 Å². The Balaban J connectivity index is 2.66. The SMILES string of the molecule is CN(C(=O)Oc1ccccc1)C(=O)C(=O)Cl. The maximum absolute atomic E-state index is 11.3. The van der Waals surface area contributed by atoms with Crippen LogP contribution in [0.2, 0.25) is 0 Å². The minimum Gasteiger partial charge on any atom is -0.410 e. The summed E-state index contributed by atoms with van der Waals surface area (Å²) in [5.74, 6) is -0.864. The van der Waals surface area contributed by atoms with E-state index in [-0.39, 0.29) is 5.75 Å².